The van der Waals surface area contributed by atoms with Crippen molar-refractivity contribution in [3.05, 3.63) is 16.1 Å². The van der Waals surface area contributed by atoms with E-state index < -0.39 is 0 Å². The van der Waals surface area contributed by atoms with Crippen LogP contribution in [0.15, 0.2) is 5.38 Å². The van der Waals surface area contributed by atoms with Gasteiger partial charge < -0.3 is 10.1 Å². The van der Waals surface area contributed by atoms with E-state index in [1.54, 1.807) is 11.3 Å². The van der Waals surface area contributed by atoms with E-state index in [9.17, 15) is 0 Å². The van der Waals surface area contributed by atoms with Crippen molar-refractivity contribution in [2.24, 2.45) is 5.92 Å². The molecule has 0 aliphatic heterocycles. The molecule has 1 aromatic heterocycles. The third-order valence-corrected chi connectivity index (χ3v) is 4.70. The van der Waals surface area contributed by atoms with E-state index in [0.717, 1.165) is 24.6 Å². The van der Waals surface area contributed by atoms with Gasteiger partial charge in [0.2, 0.25) is 0 Å². The highest BCUT2D eigenvalue weighted by molar-refractivity contribution is 7.09. The van der Waals surface area contributed by atoms with Crippen LogP contribution in [0.2, 0.25) is 0 Å². The lowest BCUT2D eigenvalue weighted by molar-refractivity contribution is -0.0288. The lowest BCUT2D eigenvalue weighted by Gasteiger charge is -2.36. The molecule has 1 unspecified atom stereocenters. The summed E-state index contributed by atoms with van der Waals surface area (Å²) in [4.78, 5) is 4.55. The highest BCUT2D eigenvalue weighted by Crippen LogP contribution is 2.34. The zero-order valence-electron chi connectivity index (χ0n) is 11.6. The number of rotatable bonds is 7. The fraction of sp³-hybridized carbons (Fsp3) is 0.786. The molecule has 0 saturated heterocycles. The molecule has 1 N–H and O–H groups in total. The molecule has 1 heterocycles. The number of hydrogen-bond acceptors (Lipinski definition) is 4. The molecule has 1 atom stereocenters. The Kier molecular flexibility index (Phi) is 5.15. The molecule has 18 heavy (non-hydrogen) atoms. The molecular formula is C14H24N2OS. The van der Waals surface area contributed by atoms with Crippen LogP contribution in [0.25, 0.3) is 0 Å². The maximum absolute atomic E-state index is 5.61. The average molecular weight is 268 g/mol. The Hall–Kier alpha value is -0.450. The fourth-order valence-electron chi connectivity index (χ4n) is 2.65. The zero-order chi connectivity index (χ0) is 13.0. The largest absolute Gasteiger partial charge is 0.378 e. The first-order chi connectivity index (χ1) is 8.71. The van der Waals surface area contributed by atoms with Gasteiger partial charge in [-0.2, -0.15) is 0 Å². The van der Waals surface area contributed by atoms with E-state index in [1.807, 2.05) is 0 Å². The molecule has 2 rings (SSSR count). The van der Waals surface area contributed by atoms with Crippen molar-refractivity contribution in [1.29, 1.82) is 0 Å². The number of ether oxygens (including phenoxy) is 1. The van der Waals surface area contributed by atoms with E-state index in [2.05, 4.69) is 36.6 Å². The molecule has 1 aromatic rings. The first-order valence-electron chi connectivity index (χ1n) is 6.91. The SMILES string of the molecule is CCOC1CC(CC(Cc2nc(C)cs2)NC)C1. The molecule has 1 aliphatic carbocycles. The summed E-state index contributed by atoms with van der Waals surface area (Å²) in [6.45, 7) is 4.99. The maximum Gasteiger partial charge on any atom is 0.0943 e. The Bertz CT molecular complexity index is 360. The molecule has 0 radical (unpaired) electrons. The summed E-state index contributed by atoms with van der Waals surface area (Å²) in [5.41, 5.74) is 1.14. The zero-order valence-corrected chi connectivity index (χ0v) is 12.4. The van der Waals surface area contributed by atoms with Crippen LogP contribution in [-0.2, 0) is 11.2 Å². The van der Waals surface area contributed by atoms with E-state index in [0.29, 0.717) is 12.1 Å². The molecular weight excluding hydrogens is 244 g/mol. The van der Waals surface area contributed by atoms with Gasteiger partial charge in [0.25, 0.3) is 0 Å². The van der Waals surface area contributed by atoms with Crippen molar-refractivity contribution in [1.82, 2.24) is 10.3 Å². The van der Waals surface area contributed by atoms with Gasteiger partial charge in [-0.05, 0) is 46.1 Å². The molecule has 0 bridgehead atoms. The van der Waals surface area contributed by atoms with Gasteiger partial charge >= 0.3 is 0 Å². The fourth-order valence-corrected chi connectivity index (χ4v) is 3.51. The van der Waals surface area contributed by atoms with Gasteiger partial charge in [0.15, 0.2) is 0 Å². The third-order valence-electron chi connectivity index (χ3n) is 3.71. The minimum absolute atomic E-state index is 0.527. The van der Waals surface area contributed by atoms with Crippen LogP contribution in [0.4, 0.5) is 0 Å². The first-order valence-corrected chi connectivity index (χ1v) is 7.79. The van der Waals surface area contributed by atoms with Crippen LogP contribution in [0.1, 0.15) is 36.9 Å². The monoisotopic (exact) mass is 268 g/mol. The van der Waals surface area contributed by atoms with Gasteiger partial charge in [-0.3, -0.25) is 0 Å². The summed E-state index contributed by atoms with van der Waals surface area (Å²) in [5, 5.41) is 6.82. The quantitative estimate of drug-likeness (QED) is 0.825. The Labute approximate surface area is 114 Å². The second kappa shape index (κ2) is 6.64. The summed E-state index contributed by atoms with van der Waals surface area (Å²) >= 11 is 1.78. The normalized spacial score (nSPS) is 24.8. The number of hydrogen-bond donors (Lipinski definition) is 1. The Morgan fingerprint density at radius 1 is 1.56 bits per heavy atom. The minimum atomic E-state index is 0.527. The van der Waals surface area contributed by atoms with Gasteiger partial charge in [0.05, 0.1) is 11.1 Å². The van der Waals surface area contributed by atoms with E-state index >= 15 is 0 Å². The summed E-state index contributed by atoms with van der Waals surface area (Å²) in [6.07, 6.45) is 5.31. The second-order valence-electron chi connectivity index (χ2n) is 5.22. The summed E-state index contributed by atoms with van der Waals surface area (Å²) in [6, 6.07) is 0.558. The Morgan fingerprint density at radius 3 is 2.89 bits per heavy atom. The molecule has 102 valence electrons. The van der Waals surface area contributed by atoms with Crippen LogP contribution >= 0.6 is 11.3 Å². The standard InChI is InChI=1S/C14H24N2OS/c1-4-17-13-6-11(7-13)5-12(15-3)8-14-16-10(2)9-18-14/h9,11-13,15H,4-8H2,1-3H3. The molecule has 3 nitrogen and oxygen atoms in total. The summed E-state index contributed by atoms with van der Waals surface area (Å²) in [5.74, 6) is 0.833. The van der Waals surface area contributed by atoms with Crippen molar-refractivity contribution >= 4 is 11.3 Å². The maximum atomic E-state index is 5.61. The number of aromatic nitrogens is 1. The predicted molar refractivity (Wildman–Crippen MR) is 76.2 cm³/mol. The van der Waals surface area contributed by atoms with E-state index in [1.165, 1.54) is 24.3 Å². The molecule has 1 saturated carbocycles. The number of aryl methyl sites for hydroxylation is 1. The van der Waals surface area contributed by atoms with Crippen LogP contribution in [0, 0.1) is 12.8 Å². The minimum Gasteiger partial charge on any atom is -0.378 e. The van der Waals surface area contributed by atoms with Gasteiger partial charge in [0.1, 0.15) is 0 Å². The molecule has 4 heteroatoms. The lowest BCUT2D eigenvalue weighted by atomic mass is 9.78. The highest BCUT2D eigenvalue weighted by Gasteiger charge is 2.31. The van der Waals surface area contributed by atoms with Crippen LogP contribution in [-0.4, -0.2) is 30.8 Å². The van der Waals surface area contributed by atoms with Crippen LogP contribution < -0.4 is 5.32 Å². The topological polar surface area (TPSA) is 34.1 Å². The molecule has 1 aliphatic rings. The number of nitrogens with zero attached hydrogens (tertiary/aromatic N) is 1. The van der Waals surface area contributed by atoms with Gasteiger partial charge in [0, 0.05) is 30.1 Å². The number of likely N-dealkylation sites (N-methyl/N-ethyl adjacent to an activating group) is 1. The van der Waals surface area contributed by atoms with E-state index in [4.69, 9.17) is 4.74 Å². The van der Waals surface area contributed by atoms with Gasteiger partial charge in [-0.1, -0.05) is 0 Å². The van der Waals surface area contributed by atoms with Crippen molar-refractivity contribution in [3.8, 4) is 0 Å². The second-order valence-corrected chi connectivity index (χ2v) is 6.17. The van der Waals surface area contributed by atoms with E-state index in [-0.39, 0.29) is 0 Å². The smallest absolute Gasteiger partial charge is 0.0943 e. The molecule has 0 aromatic carbocycles. The van der Waals surface area contributed by atoms with Crippen molar-refractivity contribution in [2.75, 3.05) is 13.7 Å². The van der Waals surface area contributed by atoms with Crippen LogP contribution in [0.5, 0.6) is 0 Å². The Balaban J connectivity index is 1.73. The van der Waals surface area contributed by atoms with Crippen molar-refractivity contribution in [2.45, 2.75) is 51.7 Å². The van der Waals surface area contributed by atoms with Crippen molar-refractivity contribution in [3.63, 3.8) is 0 Å². The predicted octanol–water partition coefficient (Wildman–Crippen LogP) is 2.79. The summed E-state index contributed by atoms with van der Waals surface area (Å²) < 4.78 is 5.61. The van der Waals surface area contributed by atoms with Gasteiger partial charge in [-0.25, -0.2) is 4.98 Å². The van der Waals surface area contributed by atoms with Crippen LogP contribution in [0.3, 0.4) is 0 Å². The number of thiazole rings is 1. The Morgan fingerprint density at radius 2 is 2.33 bits per heavy atom. The lowest BCUT2D eigenvalue weighted by Crippen LogP contribution is -2.38. The average Bonchev–Trinajstić information content (AvgIpc) is 2.70. The first kappa shape index (κ1) is 14.0. The molecule has 0 spiro atoms. The molecule has 1 fully saturated rings. The van der Waals surface area contributed by atoms with Gasteiger partial charge in [-0.15, -0.1) is 11.3 Å². The highest BCUT2D eigenvalue weighted by atomic mass is 32.1. The molecule has 0 amide bonds. The number of nitrogens with one attached hydrogen (secondary N) is 1. The third kappa shape index (κ3) is 3.77. The van der Waals surface area contributed by atoms with Crippen molar-refractivity contribution < 1.29 is 4.74 Å². The summed E-state index contributed by atoms with van der Waals surface area (Å²) in [7, 11) is 2.06.